The SMILES string of the molecule is CCC(CC)N(C)C(C)C(=O)c1ccc(F)c(F)c1. The van der Waals surface area contributed by atoms with Gasteiger partial charge < -0.3 is 0 Å². The Labute approximate surface area is 113 Å². The van der Waals surface area contributed by atoms with Crippen LogP contribution < -0.4 is 0 Å². The second-order valence-electron chi connectivity index (χ2n) is 4.80. The molecule has 1 unspecified atom stereocenters. The van der Waals surface area contributed by atoms with Crippen LogP contribution in [0.4, 0.5) is 8.78 Å². The molecule has 0 aromatic heterocycles. The van der Waals surface area contributed by atoms with Crippen molar-refractivity contribution in [2.24, 2.45) is 0 Å². The third kappa shape index (κ3) is 3.60. The predicted octanol–water partition coefficient (Wildman–Crippen LogP) is 3.66. The van der Waals surface area contributed by atoms with Gasteiger partial charge in [0.2, 0.25) is 0 Å². The number of rotatable bonds is 6. The van der Waals surface area contributed by atoms with Crippen molar-refractivity contribution in [2.75, 3.05) is 7.05 Å². The topological polar surface area (TPSA) is 20.3 Å². The molecule has 4 heteroatoms. The Hall–Kier alpha value is -1.29. The molecule has 0 fully saturated rings. The average molecular weight is 269 g/mol. The van der Waals surface area contributed by atoms with Gasteiger partial charge >= 0.3 is 0 Å². The molecule has 0 amide bonds. The van der Waals surface area contributed by atoms with E-state index in [1.165, 1.54) is 6.07 Å². The number of ketones is 1. The summed E-state index contributed by atoms with van der Waals surface area (Å²) < 4.78 is 26.0. The Morgan fingerprint density at radius 3 is 2.26 bits per heavy atom. The number of nitrogens with zero attached hydrogens (tertiary/aromatic N) is 1. The van der Waals surface area contributed by atoms with Crippen LogP contribution in [0.1, 0.15) is 44.0 Å². The largest absolute Gasteiger partial charge is 0.294 e. The Bertz CT molecular complexity index is 444. The number of likely N-dealkylation sites (N-methyl/N-ethyl adjacent to an activating group) is 1. The molecule has 0 aliphatic heterocycles. The van der Waals surface area contributed by atoms with Gasteiger partial charge in [-0.1, -0.05) is 13.8 Å². The van der Waals surface area contributed by atoms with Crippen LogP contribution in [0.15, 0.2) is 18.2 Å². The normalized spacial score (nSPS) is 13.1. The lowest BCUT2D eigenvalue weighted by molar-refractivity contribution is 0.0808. The van der Waals surface area contributed by atoms with Crippen LogP contribution >= 0.6 is 0 Å². The molecule has 0 saturated heterocycles. The molecule has 106 valence electrons. The van der Waals surface area contributed by atoms with E-state index in [0.29, 0.717) is 6.04 Å². The highest BCUT2D eigenvalue weighted by Gasteiger charge is 2.24. The Morgan fingerprint density at radius 1 is 1.21 bits per heavy atom. The molecular weight excluding hydrogens is 248 g/mol. The van der Waals surface area contributed by atoms with Gasteiger partial charge in [-0.25, -0.2) is 8.78 Å². The molecule has 0 heterocycles. The fourth-order valence-electron chi connectivity index (χ4n) is 2.26. The third-order valence-electron chi connectivity index (χ3n) is 3.71. The van der Waals surface area contributed by atoms with E-state index in [4.69, 9.17) is 0 Å². The minimum atomic E-state index is -0.983. The number of halogens is 2. The molecule has 0 N–H and O–H groups in total. The van der Waals surface area contributed by atoms with Crippen LogP contribution in [-0.4, -0.2) is 29.8 Å². The van der Waals surface area contributed by atoms with E-state index in [-0.39, 0.29) is 17.4 Å². The Kier molecular flexibility index (Phi) is 5.60. The Morgan fingerprint density at radius 2 is 1.79 bits per heavy atom. The summed E-state index contributed by atoms with van der Waals surface area (Å²) in [4.78, 5) is 14.2. The molecule has 19 heavy (non-hydrogen) atoms. The van der Waals surface area contributed by atoms with Crippen molar-refractivity contribution in [3.05, 3.63) is 35.4 Å². The van der Waals surface area contributed by atoms with Gasteiger partial charge in [0.05, 0.1) is 6.04 Å². The van der Waals surface area contributed by atoms with Crippen LogP contribution in [0, 0.1) is 11.6 Å². The van der Waals surface area contributed by atoms with Gasteiger partial charge in [-0.15, -0.1) is 0 Å². The highest BCUT2D eigenvalue weighted by Crippen LogP contribution is 2.16. The smallest absolute Gasteiger partial charge is 0.179 e. The van der Waals surface area contributed by atoms with Crippen LogP contribution in [0.5, 0.6) is 0 Å². The molecule has 1 atom stereocenters. The first-order valence-corrected chi connectivity index (χ1v) is 6.63. The summed E-state index contributed by atoms with van der Waals surface area (Å²) in [5, 5.41) is 0. The summed E-state index contributed by atoms with van der Waals surface area (Å²) >= 11 is 0. The molecule has 1 aromatic rings. The maximum Gasteiger partial charge on any atom is 0.179 e. The molecule has 0 saturated carbocycles. The van der Waals surface area contributed by atoms with E-state index >= 15 is 0 Å². The van der Waals surface area contributed by atoms with Gasteiger partial charge in [0.1, 0.15) is 0 Å². The zero-order valence-corrected chi connectivity index (χ0v) is 11.9. The fraction of sp³-hybridized carbons (Fsp3) is 0.533. The molecule has 2 nitrogen and oxygen atoms in total. The van der Waals surface area contributed by atoms with Crippen LogP contribution in [0.3, 0.4) is 0 Å². The van der Waals surface area contributed by atoms with Gasteiger partial charge in [-0.3, -0.25) is 9.69 Å². The second kappa shape index (κ2) is 6.75. The number of hydrogen-bond acceptors (Lipinski definition) is 2. The molecule has 0 radical (unpaired) electrons. The van der Waals surface area contributed by atoms with Gasteiger partial charge in [-0.05, 0) is 45.0 Å². The number of Topliss-reactive ketones (excluding diaryl/α,β-unsaturated/α-hetero) is 1. The summed E-state index contributed by atoms with van der Waals surface area (Å²) in [6, 6.07) is 3.25. The number of carbonyl (C=O) groups is 1. The third-order valence-corrected chi connectivity index (χ3v) is 3.71. The molecule has 0 aliphatic rings. The van der Waals surface area contributed by atoms with E-state index in [1.54, 1.807) is 6.92 Å². The molecular formula is C15H21F2NO. The van der Waals surface area contributed by atoms with E-state index in [9.17, 15) is 13.6 Å². The minimum absolute atomic E-state index is 0.187. The maximum absolute atomic E-state index is 13.2. The first-order valence-electron chi connectivity index (χ1n) is 6.63. The Balaban J connectivity index is 2.89. The molecule has 0 aliphatic carbocycles. The summed E-state index contributed by atoms with van der Waals surface area (Å²) in [6.45, 7) is 5.93. The van der Waals surface area contributed by atoms with Crippen LogP contribution in [0.2, 0.25) is 0 Å². The minimum Gasteiger partial charge on any atom is -0.294 e. The highest BCUT2D eigenvalue weighted by atomic mass is 19.2. The van der Waals surface area contributed by atoms with Gasteiger partial charge in [0, 0.05) is 11.6 Å². The summed E-state index contributed by atoms with van der Waals surface area (Å²) in [5.41, 5.74) is 0.212. The first-order chi connectivity index (χ1) is 8.92. The van der Waals surface area contributed by atoms with Crippen LogP contribution in [0.25, 0.3) is 0 Å². The van der Waals surface area contributed by atoms with Crippen molar-refractivity contribution < 1.29 is 13.6 Å². The van der Waals surface area contributed by atoms with Crippen molar-refractivity contribution in [3.63, 3.8) is 0 Å². The molecule has 0 spiro atoms. The quantitative estimate of drug-likeness (QED) is 0.735. The van der Waals surface area contributed by atoms with Gasteiger partial charge in [0.15, 0.2) is 17.4 Å². The molecule has 0 bridgehead atoms. The average Bonchev–Trinajstić information content (AvgIpc) is 2.41. The number of carbonyl (C=O) groups excluding carboxylic acids is 1. The van der Waals surface area contributed by atoms with Crippen LogP contribution in [-0.2, 0) is 0 Å². The zero-order valence-electron chi connectivity index (χ0n) is 11.9. The van der Waals surface area contributed by atoms with Crippen molar-refractivity contribution in [3.8, 4) is 0 Å². The first kappa shape index (κ1) is 15.8. The molecule has 1 rings (SSSR count). The van der Waals surface area contributed by atoms with E-state index < -0.39 is 11.6 Å². The number of benzene rings is 1. The zero-order chi connectivity index (χ0) is 14.6. The van der Waals surface area contributed by atoms with E-state index in [1.807, 2.05) is 11.9 Å². The van der Waals surface area contributed by atoms with Crippen molar-refractivity contribution in [1.82, 2.24) is 4.90 Å². The van der Waals surface area contributed by atoms with Crippen molar-refractivity contribution >= 4 is 5.78 Å². The summed E-state index contributed by atoms with van der Waals surface area (Å²) in [6.07, 6.45) is 1.89. The van der Waals surface area contributed by atoms with Gasteiger partial charge in [-0.2, -0.15) is 0 Å². The predicted molar refractivity (Wildman–Crippen MR) is 72.3 cm³/mol. The molecule has 1 aromatic carbocycles. The van der Waals surface area contributed by atoms with E-state index in [0.717, 1.165) is 25.0 Å². The second-order valence-corrected chi connectivity index (χ2v) is 4.80. The lowest BCUT2D eigenvalue weighted by atomic mass is 10.0. The maximum atomic E-state index is 13.2. The standard InChI is InChI=1S/C15H21F2NO/c1-5-12(6-2)18(4)10(3)15(19)11-7-8-13(16)14(17)9-11/h7-10,12H,5-6H2,1-4H3. The summed E-state index contributed by atoms with van der Waals surface area (Å²) in [5.74, 6) is -2.10. The lowest BCUT2D eigenvalue weighted by Crippen LogP contribution is -2.42. The summed E-state index contributed by atoms with van der Waals surface area (Å²) in [7, 11) is 1.89. The van der Waals surface area contributed by atoms with Gasteiger partial charge in [0.25, 0.3) is 0 Å². The van der Waals surface area contributed by atoms with Crippen molar-refractivity contribution in [1.29, 1.82) is 0 Å². The number of hydrogen-bond donors (Lipinski definition) is 0. The van der Waals surface area contributed by atoms with E-state index in [2.05, 4.69) is 13.8 Å². The highest BCUT2D eigenvalue weighted by molar-refractivity contribution is 5.99. The lowest BCUT2D eigenvalue weighted by Gasteiger charge is -2.31. The van der Waals surface area contributed by atoms with Crippen molar-refractivity contribution in [2.45, 2.75) is 45.7 Å². The fourth-order valence-corrected chi connectivity index (χ4v) is 2.26. The monoisotopic (exact) mass is 269 g/mol.